The van der Waals surface area contributed by atoms with Gasteiger partial charge in [-0.1, -0.05) is 36.4 Å². The van der Waals surface area contributed by atoms with Crippen molar-refractivity contribution in [3.05, 3.63) is 77.0 Å². The number of ketones is 1. The van der Waals surface area contributed by atoms with E-state index < -0.39 is 0 Å². The molecule has 20 heavy (non-hydrogen) atoms. The van der Waals surface area contributed by atoms with Crippen molar-refractivity contribution in [2.45, 2.75) is 13.8 Å². The fourth-order valence-electron chi connectivity index (χ4n) is 2.43. The number of hydrogen-bond donors (Lipinski definition) is 0. The predicted octanol–water partition coefficient (Wildman–Crippen LogP) is 4.08. The Kier molecular flexibility index (Phi) is 3.07. The molecular weight excluding hydrogens is 246 g/mol. The van der Waals surface area contributed by atoms with Gasteiger partial charge in [-0.2, -0.15) is 0 Å². The second kappa shape index (κ2) is 4.89. The maximum Gasteiger partial charge on any atom is 0.195 e. The molecule has 2 aromatic carbocycles. The van der Waals surface area contributed by atoms with Crippen LogP contribution in [0.3, 0.4) is 0 Å². The molecule has 3 rings (SSSR count). The van der Waals surface area contributed by atoms with Crippen molar-refractivity contribution >= 4 is 16.7 Å². The van der Waals surface area contributed by atoms with Crippen molar-refractivity contribution < 1.29 is 4.79 Å². The Bertz CT molecular complexity index is 800. The smallest absolute Gasteiger partial charge is 0.195 e. The van der Waals surface area contributed by atoms with Gasteiger partial charge in [0.05, 0.1) is 5.52 Å². The Balaban J connectivity index is 2.21. The van der Waals surface area contributed by atoms with Crippen LogP contribution in [0.5, 0.6) is 0 Å². The molecule has 2 nitrogen and oxygen atoms in total. The van der Waals surface area contributed by atoms with E-state index in [0.29, 0.717) is 5.56 Å². The molecule has 98 valence electrons. The molecule has 0 bridgehead atoms. The minimum Gasteiger partial charge on any atom is -0.289 e. The van der Waals surface area contributed by atoms with E-state index >= 15 is 0 Å². The number of pyridine rings is 1. The molecule has 0 aliphatic rings. The Labute approximate surface area is 118 Å². The van der Waals surface area contributed by atoms with Crippen LogP contribution in [-0.2, 0) is 0 Å². The Morgan fingerprint density at radius 1 is 0.900 bits per heavy atom. The number of rotatable bonds is 2. The number of benzene rings is 2. The van der Waals surface area contributed by atoms with E-state index in [2.05, 4.69) is 4.98 Å². The minimum atomic E-state index is 0.0375. The van der Waals surface area contributed by atoms with E-state index in [1.165, 1.54) is 0 Å². The summed E-state index contributed by atoms with van der Waals surface area (Å²) in [6.45, 7) is 4.01. The molecule has 0 saturated carbocycles. The number of para-hydroxylation sites is 1. The number of carbonyl (C=O) groups is 1. The third-order valence-corrected chi connectivity index (χ3v) is 3.73. The standard InChI is InChI=1S/C18H15NO/c1-12-6-3-9-15(13(12)2)18(20)16-10-4-7-14-8-5-11-19-17(14)16/h3-11H,1-2H3. The summed E-state index contributed by atoms with van der Waals surface area (Å²) < 4.78 is 0. The Hall–Kier alpha value is -2.48. The molecule has 0 unspecified atom stereocenters. The van der Waals surface area contributed by atoms with Crippen LogP contribution in [0, 0.1) is 13.8 Å². The van der Waals surface area contributed by atoms with Crippen LogP contribution in [0.2, 0.25) is 0 Å². The predicted molar refractivity (Wildman–Crippen MR) is 81.1 cm³/mol. The lowest BCUT2D eigenvalue weighted by atomic mass is 9.95. The molecule has 1 heterocycles. The minimum absolute atomic E-state index is 0.0375. The molecule has 0 aliphatic heterocycles. The first-order valence-electron chi connectivity index (χ1n) is 6.63. The summed E-state index contributed by atoms with van der Waals surface area (Å²) in [5.41, 5.74) is 4.34. The second-order valence-corrected chi connectivity index (χ2v) is 4.96. The molecule has 0 fully saturated rings. The van der Waals surface area contributed by atoms with Crippen molar-refractivity contribution in [2.24, 2.45) is 0 Å². The van der Waals surface area contributed by atoms with Gasteiger partial charge in [-0.3, -0.25) is 9.78 Å². The summed E-state index contributed by atoms with van der Waals surface area (Å²) in [6, 6.07) is 15.4. The zero-order chi connectivity index (χ0) is 14.1. The highest BCUT2D eigenvalue weighted by Crippen LogP contribution is 2.22. The molecule has 0 atom stereocenters. The number of hydrogen-bond acceptors (Lipinski definition) is 2. The fourth-order valence-corrected chi connectivity index (χ4v) is 2.43. The van der Waals surface area contributed by atoms with Crippen LogP contribution in [0.15, 0.2) is 54.7 Å². The average molecular weight is 261 g/mol. The molecule has 0 aliphatic carbocycles. The zero-order valence-corrected chi connectivity index (χ0v) is 11.6. The van der Waals surface area contributed by atoms with Gasteiger partial charge in [0.1, 0.15) is 0 Å². The Morgan fingerprint density at radius 2 is 1.60 bits per heavy atom. The van der Waals surface area contributed by atoms with Gasteiger partial charge in [0.15, 0.2) is 5.78 Å². The molecule has 1 aromatic heterocycles. The molecule has 0 N–H and O–H groups in total. The maximum atomic E-state index is 12.8. The summed E-state index contributed by atoms with van der Waals surface area (Å²) >= 11 is 0. The van der Waals surface area contributed by atoms with Gasteiger partial charge < -0.3 is 0 Å². The van der Waals surface area contributed by atoms with Crippen LogP contribution in [-0.4, -0.2) is 10.8 Å². The van der Waals surface area contributed by atoms with Crippen molar-refractivity contribution in [1.82, 2.24) is 4.98 Å². The summed E-state index contributed by atoms with van der Waals surface area (Å²) in [5, 5.41) is 0.989. The number of nitrogens with zero attached hydrogens (tertiary/aromatic N) is 1. The van der Waals surface area contributed by atoms with Crippen LogP contribution in [0.4, 0.5) is 0 Å². The Morgan fingerprint density at radius 3 is 2.45 bits per heavy atom. The van der Waals surface area contributed by atoms with Gasteiger partial charge in [-0.25, -0.2) is 0 Å². The monoisotopic (exact) mass is 261 g/mol. The maximum absolute atomic E-state index is 12.8. The van der Waals surface area contributed by atoms with Crippen LogP contribution < -0.4 is 0 Å². The topological polar surface area (TPSA) is 30.0 Å². The summed E-state index contributed by atoms with van der Waals surface area (Å²) in [7, 11) is 0. The van der Waals surface area contributed by atoms with E-state index in [-0.39, 0.29) is 5.78 Å². The first-order valence-corrected chi connectivity index (χ1v) is 6.63. The molecule has 2 heteroatoms. The van der Waals surface area contributed by atoms with Crippen LogP contribution >= 0.6 is 0 Å². The van der Waals surface area contributed by atoms with E-state index in [1.807, 2.05) is 62.4 Å². The largest absolute Gasteiger partial charge is 0.289 e. The third kappa shape index (κ3) is 1.99. The van der Waals surface area contributed by atoms with E-state index in [1.54, 1.807) is 6.20 Å². The summed E-state index contributed by atoms with van der Waals surface area (Å²) in [6.07, 6.45) is 1.72. The fraction of sp³-hybridized carbons (Fsp3) is 0.111. The molecule has 3 aromatic rings. The van der Waals surface area contributed by atoms with Crippen molar-refractivity contribution in [3.8, 4) is 0 Å². The quantitative estimate of drug-likeness (QED) is 0.650. The highest BCUT2D eigenvalue weighted by molar-refractivity contribution is 6.16. The van der Waals surface area contributed by atoms with E-state index in [9.17, 15) is 4.79 Å². The van der Waals surface area contributed by atoms with Gasteiger partial charge in [0, 0.05) is 22.7 Å². The first kappa shape index (κ1) is 12.5. The number of aryl methyl sites for hydroxylation is 1. The lowest BCUT2D eigenvalue weighted by Gasteiger charge is -2.09. The van der Waals surface area contributed by atoms with Crippen molar-refractivity contribution in [1.29, 1.82) is 0 Å². The summed E-state index contributed by atoms with van der Waals surface area (Å²) in [4.78, 5) is 17.2. The van der Waals surface area contributed by atoms with Crippen molar-refractivity contribution in [3.63, 3.8) is 0 Å². The highest BCUT2D eigenvalue weighted by atomic mass is 16.1. The normalized spacial score (nSPS) is 10.7. The molecule has 0 saturated heterocycles. The van der Waals surface area contributed by atoms with Gasteiger partial charge in [0.2, 0.25) is 0 Å². The molecule has 0 spiro atoms. The van der Waals surface area contributed by atoms with Crippen LogP contribution in [0.1, 0.15) is 27.0 Å². The van der Waals surface area contributed by atoms with Crippen molar-refractivity contribution in [2.75, 3.05) is 0 Å². The SMILES string of the molecule is Cc1cccc(C(=O)c2cccc3cccnc23)c1C. The van der Waals surface area contributed by atoms with Gasteiger partial charge in [0.25, 0.3) is 0 Å². The molecular formula is C18H15NO. The second-order valence-electron chi connectivity index (χ2n) is 4.96. The lowest BCUT2D eigenvalue weighted by Crippen LogP contribution is -2.06. The zero-order valence-electron chi connectivity index (χ0n) is 11.6. The van der Waals surface area contributed by atoms with Gasteiger partial charge in [-0.05, 0) is 37.1 Å². The lowest BCUT2D eigenvalue weighted by molar-refractivity contribution is 0.103. The van der Waals surface area contributed by atoms with Crippen LogP contribution in [0.25, 0.3) is 10.9 Å². The average Bonchev–Trinajstić information content (AvgIpc) is 2.49. The highest BCUT2D eigenvalue weighted by Gasteiger charge is 2.15. The van der Waals surface area contributed by atoms with E-state index in [0.717, 1.165) is 27.6 Å². The van der Waals surface area contributed by atoms with E-state index in [4.69, 9.17) is 0 Å². The van der Waals surface area contributed by atoms with Gasteiger partial charge >= 0.3 is 0 Å². The molecule has 0 radical (unpaired) electrons. The number of carbonyl (C=O) groups excluding carboxylic acids is 1. The van der Waals surface area contributed by atoms with Gasteiger partial charge in [-0.15, -0.1) is 0 Å². The first-order chi connectivity index (χ1) is 9.68. The summed E-state index contributed by atoms with van der Waals surface area (Å²) in [5.74, 6) is 0.0375. The molecule has 0 amide bonds. The number of aromatic nitrogens is 1. The third-order valence-electron chi connectivity index (χ3n) is 3.73. The number of fused-ring (bicyclic) bond motifs is 1.